The van der Waals surface area contributed by atoms with E-state index in [4.69, 9.17) is 9.47 Å². The fourth-order valence-electron chi connectivity index (χ4n) is 2.07. The molecule has 2 aromatic rings. The van der Waals surface area contributed by atoms with Crippen molar-refractivity contribution in [1.82, 2.24) is 0 Å². The van der Waals surface area contributed by atoms with Gasteiger partial charge in [0.25, 0.3) is 0 Å². The van der Waals surface area contributed by atoms with Gasteiger partial charge in [-0.05, 0) is 35.4 Å². The van der Waals surface area contributed by atoms with E-state index in [-0.39, 0.29) is 4.83 Å². The van der Waals surface area contributed by atoms with Crippen LogP contribution in [0.15, 0.2) is 46.9 Å². The Hall–Kier alpha value is -1.00. The summed E-state index contributed by atoms with van der Waals surface area (Å²) in [4.78, 5) is 0.140. The van der Waals surface area contributed by atoms with Crippen molar-refractivity contribution in [3.8, 4) is 11.5 Å². The van der Waals surface area contributed by atoms with Crippen molar-refractivity contribution in [2.75, 3.05) is 13.2 Å². The first-order valence-electron chi connectivity index (χ1n) is 6.03. The van der Waals surface area contributed by atoms with Crippen LogP contribution in [0.3, 0.4) is 0 Å². The van der Waals surface area contributed by atoms with Gasteiger partial charge in [0.05, 0.1) is 4.83 Å². The van der Waals surface area contributed by atoms with Gasteiger partial charge in [-0.15, -0.1) is 0 Å². The third-order valence-electron chi connectivity index (χ3n) is 3.00. The lowest BCUT2D eigenvalue weighted by Gasteiger charge is -2.20. The van der Waals surface area contributed by atoms with Crippen LogP contribution in [-0.2, 0) is 0 Å². The van der Waals surface area contributed by atoms with Crippen molar-refractivity contribution < 1.29 is 9.47 Å². The van der Waals surface area contributed by atoms with Crippen LogP contribution in [0.5, 0.6) is 11.5 Å². The van der Waals surface area contributed by atoms with E-state index < -0.39 is 0 Å². The quantitative estimate of drug-likeness (QED) is 0.699. The molecule has 1 aliphatic rings. The summed E-state index contributed by atoms with van der Waals surface area (Å²) in [5.74, 6) is 1.65. The Kier molecular flexibility index (Phi) is 3.80. The number of hydrogen-bond donors (Lipinski definition) is 0. The van der Waals surface area contributed by atoms with Crippen molar-refractivity contribution >= 4 is 31.9 Å². The Bertz CT molecular complexity index is 598. The van der Waals surface area contributed by atoms with E-state index in [1.54, 1.807) is 0 Å². The Morgan fingerprint density at radius 2 is 1.63 bits per heavy atom. The van der Waals surface area contributed by atoms with Gasteiger partial charge in [-0.3, -0.25) is 0 Å². The molecule has 1 heterocycles. The van der Waals surface area contributed by atoms with E-state index >= 15 is 0 Å². The highest BCUT2D eigenvalue weighted by molar-refractivity contribution is 9.10. The van der Waals surface area contributed by atoms with E-state index in [9.17, 15) is 0 Å². The third-order valence-corrected chi connectivity index (χ3v) is 4.55. The molecule has 0 N–H and O–H groups in total. The molecule has 0 radical (unpaired) electrons. The minimum absolute atomic E-state index is 0.140. The number of hydrogen-bond acceptors (Lipinski definition) is 2. The summed E-state index contributed by atoms with van der Waals surface area (Å²) in [5, 5.41) is 0. The molecule has 0 aromatic heterocycles. The molecule has 4 heteroatoms. The van der Waals surface area contributed by atoms with Crippen molar-refractivity contribution in [1.29, 1.82) is 0 Å². The van der Waals surface area contributed by atoms with Gasteiger partial charge in [0.1, 0.15) is 13.2 Å². The van der Waals surface area contributed by atoms with Gasteiger partial charge in [0.15, 0.2) is 11.5 Å². The highest BCUT2D eigenvalue weighted by atomic mass is 79.9. The zero-order valence-electron chi connectivity index (χ0n) is 10.1. The molecule has 98 valence electrons. The average Bonchev–Trinajstić information content (AvgIpc) is 2.46. The molecule has 0 aliphatic carbocycles. The first kappa shape index (κ1) is 13.0. The maximum atomic E-state index is 5.62. The van der Waals surface area contributed by atoms with Crippen molar-refractivity contribution in [2.45, 2.75) is 4.83 Å². The molecule has 0 saturated carbocycles. The molecule has 1 aliphatic heterocycles. The monoisotopic (exact) mass is 382 g/mol. The van der Waals surface area contributed by atoms with Crippen molar-refractivity contribution in [3.05, 3.63) is 58.1 Å². The Morgan fingerprint density at radius 3 is 2.42 bits per heavy atom. The van der Waals surface area contributed by atoms with Gasteiger partial charge in [-0.1, -0.05) is 50.1 Å². The van der Waals surface area contributed by atoms with Crippen LogP contribution in [-0.4, -0.2) is 13.2 Å². The zero-order valence-corrected chi connectivity index (χ0v) is 13.3. The SMILES string of the molecule is Brc1cccc(C(Br)c2ccc3c(c2)OCCO3)c1. The highest BCUT2D eigenvalue weighted by Crippen LogP contribution is 2.38. The van der Waals surface area contributed by atoms with Crippen LogP contribution in [0.1, 0.15) is 16.0 Å². The van der Waals surface area contributed by atoms with E-state index in [0.717, 1.165) is 21.5 Å². The minimum atomic E-state index is 0.140. The second-order valence-corrected chi connectivity index (χ2v) is 6.15. The average molecular weight is 384 g/mol. The van der Waals surface area contributed by atoms with Crippen molar-refractivity contribution in [2.24, 2.45) is 0 Å². The maximum Gasteiger partial charge on any atom is 0.161 e. The smallest absolute Gasteiger partial charge is 0.161 e. The highest BCUT2D eigenvalue weighted by Gasteiger charge is 2.16. The number of rotatable bonds is 2. The summed E-state index contributed by atoms with van der Waals surface area (Å²) in [6, 6.07) is 14.3. The molecule has 1 unspecified atom stereocenters. The summed E-state index contributed by atoms with van der Waals surface area (Å²) in [5.41, 5.74) is 2.36. The van der Waals surface area contributed by atoms with Gasteiger partial charge in [0.2, 0.25) is 0 Å². The lowest BCUT2D eigenvalue weighted by molar-refractivity contribution is 0.171. The van der Waals surface area contributed by atoms with E-state index in [1.165, 1.54) is 5.56 Å². The van der Waals surface area contributed by atoms with E-state index in [2.05, 4.69) is 50.1 Å². The van der Waals surface area contributed by atoms with Crippen LogP contribution in [0.4, 0.5) is 0 Å². The Labute approximate surface area is 129 Å². The fourth-order valence-corrected chi connectivity index (χ4v) is 3.06. The molecular weight excluding hydrogens is 372 g/mol. The van der Waals surface area contributed by atoms with Crippen LogP contribution < -0.4 is 9.47 Å². The second-order valence-electron chi connectivity index (χ2n) is 4.32. The van der Waals surface area contributed by atoms with E-state index in [1.807, 2.05) is 24.3 Å². The molecule has 0 bridgehead atoms. The molecule has 19 heavy (non-hydrogen) atoms. The predicted molar refractivity (Wildman–Crippen MR) is 82.3 cm³/mol. The zero-order chi connectivity index (χ0) is 13.2. The molecule has 1 atom stereocenters. The Balaban J connectivity index is 1.93. The summed E-state index contributed by atoms with van der Waals surface area (Å²) < 4.78 is 12.2. The summed E-state index contributed by atoms with van der Waals surface area (Å²) in [7, 11) is 0. The number of benzene rings is 2. The Morgan fingerprint density at radius 1 is 0.895 bits per heavy atom. The van der Waals surface area contributed by atoms with Gasteiger partial charge in [0, 0.05) is 4.47 Å². The molecule has 2 aromatic carbocycles. The number of ether oxygens (including phenoxy) is 2. The standard InChI is InChI=1S/C15H12Br2O2/c16-12-3-1-2-10(8-12)15(17)11-4-5-13-14(9-11)19-7-6-18-13/h1-5,8-9,15H,6-7H2. The van der Waals surface area contributed by atoms with Crippen LogP contribution in [0, 0.1) is 0 Å². The molecule has 2 nitrogen and oxygen atoms in total. The predicted octanol–water partition coefficient (Wildman–Crippen LogP) is 4.70. The normalized spacial score (nSPS) is 15.1. The van der Waals surface area contributed by atoms with Gasteiger partial charge in [-0.2, -0.15) is 0 Å². The molecule has 0 amide bonds. The third kappa shape index (κ3) is 2.79. The molecule has 3 rings (SSSR count). The van der Waals surface area contributed by atoms with E-state index in [0.29, 0.717) is 13.2 Å². The van der Waals surface area contributed by atoms with Crippen LogP contribution in [0.25, 0.3) is 0 Å². The topological polar surface area (TPSA) is 18.5 Å². The number of halogens is 2. The second kappa shape index (κ2) is 5.55. The van der Waals surface area contributed by atoms with Crippen LogP contribution >= 0.6 is 31.9 Å². The fraction of sp³-hybridized carbons (Fsp3) is 0.200. The lowest BCUT2D eigenvalue weighted by atomic mass is 10.0. The molecule has 0 fully saturated rings. The lowest BCUT2D eigenvalue weighted by Crippen LogP contribution is -2.15. The van der Waals surface area contributed by atoms with Crippen LogP contribution in [0.2, 0.25) is 0 Å². The molecule has 0 saturated heterocycles. The minimum Gasteiger partial charge on any atom is -0.486 e. The summed E-state index contributed by atoms with van der Waals surface area (Å²) in [6.45, 7) is 1.23. The van der Waals surface area contributed by atoms with Crippen molar-refractivity contribution in [3.63, 3.8) is 0 Å². The number of alkyl halides is 1. The maximum absolute atomic E-state index is 5.62. The first-order chi connectivity index (χ1) is 9.24. The number of fused-ring (bicyclic) bond motifs is 1. The first-order valence-corrected chi connectivity index (χ1v) is 7.74. The molecule has 0 spiro atoms. The summed E-state index contributed by atoms with van der Waals surface area (Å²) in [6.07, 6.45) is 0. The molecular formula is C15H12Br2O2. The van der Waals surface area contributed by atoms with Gasteiger partial charge in [-0.25, -0.2) is 0 Å². The van der Waals surface area contributed by atoms with Gasteiger partial charge < -0.3 is 9.47 Å². The largest absolute Gasteiger partial charge is 0.486 e. The summed E-state index contributed by atoms with van der Waals surface area (Å²) >= 11 is 7.24. The van der Waals surface area contributed by atoms with Gasteiger partial charge >= 0.3 is 0 Å².